The zero-order valence-corrected chi connectivity index (χ0v) is 12.2. The summed E-state index contributed by atoms with van der Waals surface area (Å²) in [6, 6.07) is 7.37. The fraction of sp³-hybridized carbons (Fsp3) is 0.400. The lowest BCUT2D eigenvalue weighted by Gasteiger charge is -2.08. The van der Waals surface area contributed by atoms with Crippen molar-refractivity contribution in [2.75, 3.05) is 6.61 Å². The van der Waals surface area contributed by atoms with Crippen LogP contribution in [-0.2, 0) is 6.42 Å². The molecule has 0 aliphatic heterocycles. The molecule has 0 spiro atoms. The Kier molecular flexibility index (Phi) is 4.92. The molecule has 2 rings (SSSR count). The molecule has 0 radical (unpaired) electrons. The fourth-order valence-electron chi connectivity index (χ4n) is 2.09. The second-order valence-electron chi connectivity index (χ2n) is 4.63. The molecular formula is C15H19N3O3. The fourth-order valence-corrected chi connectivity index (χ4v) is 2.09. The van der Waals surface area contributed by atoms with E-state index in [1.54, 1.807) is 4.68 Å². The van der Waals surface area contributed by atoms with Gasteiger partial charge in [-0.2, -0.15) is 0 Å². The van der Waals surface area contributed by atoms with Crippen molar-refractivity contribution in [1.82, 2.24) is 15.0 Å². The Balaban J connectivity index is 2.35. The van der Waals surface area contributed by atoms with Gasteiger partial charge >= 0.3 is 5.97 Å². The highest BCUT2D eigenvalue weighted by atomic mass is 16.5. The second kappa shape index (κ2) is 6.88. The first kappa shape index (κ1) is 15.0. The lowest BCUT2D eigenvalue weighted by molar-refractivity contribution is 0.0689. The second-order valence-corrected chi connectivity index (χ2v) is 4.63. The molecular weight excluding hydrogens is 270 g/mol. The third kappa shape index (κ3) is 3.39. The van der Waals surface area contributed by atoms with Crippen molar-refractivity contribution in [2.24, 2.45) is 0 Å². The van der Waals surface area contributed by atoms with Gasteiger partial charge in [0.15, 0.2) is 5.69 Å². The number of aromatic nitrogens is 3. The van der Waals surface area contributed by atoms with Gasteiger partial charge in [-0.05, 0) is 44.0 Å². The van der Waals surface area contributed by atoms with E-state index in [-0.39, 0.29) is 5.69 Å². The third-order valence-electron chi connectivity index (χ3n) is 3.13. The number of aromatic carboxylic acids is 1. The maximum Gasteiger partial charge on any atom is 0.358 e. The van der Waals surface area contributed by atoms with Gasteiger partial charge in [0.2, 0.25) is 0 Å². The van der Waals surface area contributed by atoms with E-state index in [9.17, 15) is 9.90 Å². The Bertz CT molecular complexity index is 605. The quantitative estimate of drug-likeness (QED) is 0.848. The van der Waals surface area contributed by atoms with E-state index in [4.69, 9.17) is 4.74 Å². The number of benzene rings is 1. The number of carboxylic acids is 1. The largest absolute Gasteiger partial charge is 0.494 e. The maximum atomic E-state index is 11.2. The van der Waals surface area contributed by atoms with Gasteiger partial charge in [-0.15, -0.1) is 5.10 Å². The van der Waals surface area contributed by atoms with E-state index in [2.05, 4.69) is 17.2 Å². The average molecular weight is 289 g/mol. The number of hydrogen-bond acceptors (Lipinski definition) is 4. The maximum absolute atomic E-state index is 11.2. The molecule has 0 bridgehead atoms. The zero-order valence-electron chi connectivity index (χ0n) is 12.2. The van der Waals surface area contributed by atoms with Crippen LogP contribution in [-0.4, -0.2) is 32.7 Å². The van der Waals surface area contributed by atoms with E-state index in [1.165, 1.54) is 0 Å². The van der Waals surface area contributed by atoms with Crippen molar-refractivity contribution in [3.63, 3.8) is 0 Å². The first-order chi connectivity index (χ1) is 10.2. The average Bonchev–Trinajstić information content (AvgIpc) is 2.90. The molecule has 0 unspecified atom stereocenters. The molecule has 1 aromatic carbocycles. The van der Waals surface area contributed by atoms with Crippen LogP contribution in [0.1, 0.15) is 42.9 Å². The predicted molar refractivity (Wildman–Crippen MR) is 78.1 cm³/mol. The standard InChI is InChI=1S/C15H19N3O3/c1-3-5-6-13-14(15(19)20)16-17-18(13)11-7-9-12(10-8-11)21-4-2/h7-10H,3-6H2,1-2H3,(H,19,20). The van der Waals surface area contributed by atoms with Gasteiger partial charge in [0.05, 0.1) is 18.0 Å². The Morgan fingerprint density at radius 3 is 2.57 bits per heavy atom. The third-order valence-corrected chi connectivity index (χ3v) is 3.13. The van der Waals surface area contributed by atoms with Gasteiger partial charge in [0.25, 0.3) is 0 Å². The molecule has 21 heavy (non-hydrogen) atoms. The SMILES string of the molecule is CCCCc1c(C(=O)O)nnn1-c1ccc(OCC)cc1. The van der Waals surface area contributed by atoms with Gasteiger partial charge in [0, 0.05) is 0 Å². The van der Waals surface area contributed by atoms with Crippen LogP contribution < -0.4 is 4.74 Å². The molecule has 1 N–H and O–H groups in total. The Morgan fingerprint density at radius 1 is 1.29 bits per heavy atom. The van der Waals surface area contributed by atoms with Crippen LogP contribution in [0.5, 0.6) is 5.75 Å². The van der Waals surface area contributed by atoms with Crippen LogP contribution in [0.3, 0.4) is 0 Å². The van der Waals surface area contributed by atoms with Gasteiger partial charge in [-0.3, -0.25) is 0 Å². The molecule has 0 amide bonds. The summed E-state index contributed by atoms with van der Waals surface area (Å²) in [6.45, 7) is 4.59. The van der Waals surface area contributed by atoms with E-state index < -0.39 is 5.97 Å². The highest BCUT2D eigenvalue weighted by Gasteiger charge is 2.19. The summed E-state index contributed by atoms with van der Waals surface area (Å²) in [5.74, 6) is -0.270. The molecule has 0 aliphatic rings. The number of carbonyl (C=O) groups is 1. The molecule has 6 nitrogen and oxygen atoms in total. The Hall–Kier alpha value is -2.37. The summed E-state index contributed by atoms with van der Waals surface area (Å²) >= 11 is 0. The summed E-state index contributed by atoms with van der Waals surface area (Å²) in [7, 11) is 0. The lowest BCUT2D eigenvalue weighted by Crippen LogP contribution is -2.07. The number of carboxylic acid groups (broad SMARTS) is 1. The van der Waals surface area contributed by atoms with E-state index in [0.717, 1.165) is 24.3 Å². The molecule has 112 valence electrons. The van der Waals surface area contributed by atoms with Crippen molar-refractivity contribution in [3.05, 3.63) is 35.7 Å². The smallest absolute Gasteiger partial charge is 0.358 e. The normalized spacial score (nSPS) is 10.6. The number of unbranched alkanes of at least 4 members (excludes halogenated alkanes) is 1. The predicted octanol–water partition coefficient (Wildman–Crippen LogP) is 2.71. The molecule has 0 atom stereocenters. The molecule has 0 aliphatic carbocycles. The van der Waals surface area contributed by atoms with Gasteiger partial charge in [-0.1, -0.05) is 18.6 Å². The van der Waals surface area contributed by atoms with Crippen LogP contribution in [0.2, 0.25) is 0 Å². The molecule has 1 aromatic heterocycles. The minimum Gasteiger partial charge on any atom is -0.494 e. The van der Waals surface area contributed by atoms with Crippen molar-refractivity contribution in [2.45, 2.75) is 33.1 Å². The lowest BCUT2D eigenvalue weighted by atomic mass is 10.1. The highest BCUT2D eigenvalue weighted by Crippen LogP contribution is 2.19. The van der Waals surface area contributed by atoms with Crippen molar-refractivity contribution in [1.29, 1.82) is 0 Å². The molecule has 0 saturated heterocycles. The van der Waals surface area contributed by atoms with Gasteiger partial charge < -0.3 is 9.84 Å². The molecule has 2 aromatic rings. The van der Waals surface area contributed by atoms with E-state index >= 15 is 0 Å². The first-order valence-corrected chi connectivity index (χ1v) is 7.08. The first-order valence-electron chi connectivity index (χ1n) is 7.08. The van der Waals surface area contributed by atoms with Crippen molar-refractivity contribution in [3.8, 4) is 11.4 Å². The summed E-state index contributed by atoms with van der Waals surface area (Å²) in [5, 5.41) is 17.0. The van der Waals surface area contributed by atoms with Crippen LogP contribution in [0.4, 0.5) is 0 Å². The minimum absolute atomic E-state index is 0.0253. The zero-order chi connectivity index (χ0) is 15.2. The summed E-state index contributed by atoms with van der Waals surface area (Å²) < 4.78 is 6.99. The summed E-state index contributed by atoms with van der Waals surface area (Å²) in [4.78, 5) is 11.2. The number of hydrogen-bond donors (Lipinski definition) is 1. The summed E-state index contributed by atoms with van der Waals surface area (Å²) in [6.07, 6.45) is 2.51. The topological polar surface area (TPSA) is 77.2 Å². The number of rotatable bonds is 7. The van der Waals surface area contributed by atoms with Crippen LogP contribution in [0.15, 0.2) is 24.3 Å². The van der Waals surface area contributed by atoms with Crippen LogP contribution in [0, 0.1) is 0 Å². The Labute approximate surface area is 123 Å². The van der Waals surface area contributed by atoms with E-state index in [0.29, 0.717) is 18.7 Å². The Morgan fingerprint density at radius 2 is 2.00 bits per heavy atom. The minimum atomic E-state index is -1.04. The van der Waals surface area contributed by atoms with Crippen LogP contribution in [0.25, 0.3) is 5.69 Å². The number of nitrogens with zero attached hydrogens (tertiary/aromatic N) is 3. The van der Waals surface area contributed by atoms with E-state index in [1.807, 2.05) is 31.2 Å². The molecule has 1 heterocycles. The van der Waals surface area contributed by atoms with Gasteiger partial charge in [-0.25, -0.2) is 9.48 Å². The molecule has 6 heteroatoms. The summed E-state index contributed by atoms with van der Waals surface area (Å²) in [5.41, 5.74) is 1.44. The highest BCUT2D eigenvalue weighted by molar-refractivity contribution is 5.86. The van der Waals surface area contributed by atoms with Crippen LogP contribution >= 0.6 is 0 Å². The monoisotopic (exact) mass is 289 g/mol. The number of ether oxygens (including phenoxy) is 1. The van der Waals surface area contributed by atoms with Crippen molar-refractivity contribution < 1.29 is 14.6 Å². The van der Waals surface area contributed by atoms with Gasteiger partial charge in [0.1, 0.15) is 5.75 Å². The molecule has 0 fully saturated rings. The van der Waals surface area contributed by atoms with Crippen molar-refractivity contribution >= 4 is 5.97 Å². The molecule has 0 saturated carbocycles.